The van der Waals surface area contributed by atoms with Crippen molar-refractivity contribution in [1.82, 2.24) is 14.8 Å². The van der Waals surface area contributed by atoms with Crippen molar-refractivity contribution in [1.29, 1.82) is 0 Å². The Morgan fingerprint density at radius 3 is 2.60 bits per heavy atom. The minimum Gasteiger partial charge on any atom is -0.478 e. The smallest absolute Gasteiger partial charge is 0.478 e. The van der Waals surface area contributed by atoms with Crippen molar-refractivity contribution in [3.05, 3.63) is 42.8 Å². The molecule has 1 aromatic carbocycles. The van der Waals surface area contributed by atoms with Crippen LogP contribution >= 0.6 is 31.9 Å². The fraction of sp³-hybridized carbons (Fsp3) is 0. The Balaban J connectivity index is 2.62. The third kappa shape index (κ3) is 2.41. The molecule has 0 saturated heterocycles. The molecule has 0 radical (unpaired) electrons. The Kier molecular flexibility index (Phi) is 3.81. The number of benzene rings is 1. The molecule has 2 rings (SSSR count). The molecular formula is C9H3Br2FN4O4. The first-order valence-corrected chi connectivity index (χ1v) is 6.40. The Labute approximate surface area is 126 Å². The summed E-state index contributed by atoms with van der Waals surface area (Å²) in [6.07, 6.45) is 0. The van der Waals surface area contributed by atoms with Crippen molar-refractivity contribution in [2.75, 3.05) is 0 Å². The van der Waals surface area contributed by atoms with Gasteiger partial charge in [-0.25, -0.2) is 9.18 Å². The lowest BCUT2D eigenvalue weighted by atomic mass is 10.2. The Hall–Kier alpha value is -1.88. The second kappa shape index (κ2) is 5.25. The summed E-state index contributed by atoms with van der Waals surface area (Å²) in [6, 6.07) is 2.28. The number of carboxylic acids is 1. The molecule has 11 heteroatoms. The van der Waals surface area contributed by atoms with Crippen LogP contribution < -0.4 is 0 Å². The lowest BCUT2D eigenvalue weighted by Gasteiger charge is -2.05. The highest BCUT2D eigenvalue weighted by Crippen LogP contribution is 2.28. The van der Waals surface area contributed by atoms with Crippen molar-refractivity contribution in [2.24, 2.45) is 0 Å². The van der Waals surface area contributed by atoms with E-state index in [2.05, 4.69) is 41.9 Å². The van der Waals surface area contributed by atoms with E-state index in [4.69, 9.17) is 5.11 Å². The van der Waals surface area contributed by atoms with Gasteiger partial charge in [-0.1, -0.05) is 0 Å². The van der Waals surface area contributed by atoms with Crippen LogP contribution in [0.3, 0.4) is 0 Å². The lowest BCUT2D eigenvalue weighted by molar-refractivity contribution is -0.394. The molecule has 104 valence electrons. The van der Waals surface area contributed by atoms with E-state index in [1.807, 2.05) is 0 Å². The zero-order valence-corrected chi connectivity index (χ0v) is 12.4. The van der Waals surface area contributed by atoms with Gasteiger partial charge in [-0.05, 0) is 38.0 Å². The predicted molar refractivity (Wildman–Crippen MR) is 70.3 cm³/mol. The summed E-state index contributed by atoms with van der Waals surface area (Å²) in [4.78, 5) is 24.1. The maximum Gasteiger partial charge on any atom is 0.492 e. The predicted octanol–water partition coefficient (Wildman–Crippen LogP) is 2.54. The largest absolute Gasteiger partial charge is 0.492 e. The number of aromatic carboxylic acids is 1. The standard InChI is InChI=1S/C9H3Br2FN4O4/c10-5-3(7(17)18)1-2-4(6(5)12)15-8(11)13-9(14-15)16(19)20/h1-2H,(H,17,18). The Morgan fingerprint density at radius 1 is 1.45 bits per heavy atom. The van der Waals surface area contributed by atoms with E-state index in [9.17, 15) is 19.3 Å². The van der Waals surface area contributed by atoms with Gasteiger partial charge in [-0.2, -0.15) is 0 Å². The number of nitrogens with zero attached hydrogens (tertiary/aromatic N) is 4. The maximum atomic E-state index is 14.1. The number of hydrogen-bond acceptors (Lipinski definition) is 5. The number of rotatable bonds is 3. The van der Waals surface area contributed by atoms with E-state index < -0.39 is 22.7 Å². The topological polar surface area (TPSA) is 111 Å². The summed E-state index contributed by atoms with van der Waals surface area (Å²) in [5, 5.41) is 22.9. The molecule has 1 aromatic heterocycles. The SMILES string of the molecule is O=C(O)c1ccc(-n2nc([N+](=O)[O-])nc2Br)c(F)c1Br. The van der Waals surface area contributed by atoms with Crippen molar-refractivity contribution in [3.63, 3.8) is 0 Å². The molecule has 0 aliphatic heterocycles. The number of hydrogen-bond donors (Lipinski definition) is 1. The molecule has 1 N–H and O–H groups in total. The molecule has 1 heterocycles. The van der Waals surface area contributed by atoms with Crippen molar-refractivity contribution in [3.8, 4) is 5.69 Å². The van der Waals surface area contributed by atoms with Crippen molar-refractivity contribution >= 4 is 43.8 Å². The van der Waals surface area contributed by atoms with Crippen LogP contribution in [0.25, 0.3) is 5.69 Å². The summed E-state index contributed by atoms with van der Waals surface area (Å²) in [7, 11) is 0. The highest BCUT2D eigenvalue weighted by atomic mass is 79.9. The number of aromatic nitrogens is 3. The Bertz CT molecular complexity index is 733. The minimum absolute atomic E-state index is 0.0851. The molecule has 0 unspecified atom stereocenters. The highest BCUT2D eigenvalue weighted by molar-refractivity contribution is 9.10. The molecule has 2 aromatic rings. The van der Waals surface area contributed by atoms with Crippen LogP contribution in [0, 0.1) is 15.9 Å². The van der Waals surface area contributed by atoms with Crippen LogP contribution in [0.15, 0.2) is 21.3 Å². The van der Waals surface area contributed by atoms with Crippen LogP contribution in [0.4, 0.5) is 10.3 Å². The average Bonchev–Trinajstić information content (AvgIpc) is 2.74. The summed E-state index contributed by atoms with van der Waals surface area (Å²) < 4.78 is 14.6. The molecule has 0 fully saturated rings. The van der Waals surface area contributed by atoms with Gasteiger partial charge in [0.05, 0.1) is 10.0 Å². The second-order valence-electron chi connectivity index (χ2n) is 3.42. The Morgan fingerprint density at radius 2 is 2.10 bits per heavy atom. The van der Waals surface area contributed by atoms with E-state index in [1.165, 1.54) is 0 Å². The third-order valence-electron chi connectivity index (χ3n) is 2.24. The fourth-order valence-electron chi connectivity index (χ4n) is 1.38. The van der Waals surface area contributed by atoms with Gasteiger partial charge in [0.15, 0.2) is 5.82 Å². The zero-order valence-electron chi connectivity index (χ0n) is 9.25. The number of carboxylic acid groups (broad SMARTS) is 1. The van der Waals surface area contributed by atoms with Gasteiger partial charge < -0.3 is 15.2 Å². The molecule has 0 saturated carbocycles. The van der Waals surface area contributed by atoms with Crippen LogP contribution in [0.5, 0.6) is 0 Å². The van der Waals surface area contributed by atoms with Crippen LogP contribution in [-0.2, 0) is 0 Å². The van der Waals surface area contributed by atoms with E-state index >= 15 is 0 Å². The molecule has 0 aliphatic carbocycles. The third-order valence-corrected chi connectivity index (χ3v) is 3.53. The number of halogens is 3. The van der Waals surface area contributed by atoms with E-state index in [0.717, 1.165) is 16.8 Å². The first kappa shape index (κ1) is 14.5. The van der Waals surface area contributed by atoms with Crippen LogP contribution in [0.1, 0.15) is 10.4 Å². The maximum absolute atomic E-state index is 14.1. The normalized spacial score (nSPS) is 10.6. The van der Waals surface area contributed by atoms with Crippen molar-refractivity contribution in [2.45, 2.75) is 0 Å². The molecule has 0 bridgehead atoms. The van der Waals surface area contributed by atoms with Gasteiger partial charge in [0.2, 0.25) is 0 Å². The minimum atomic E-state index is -1.31. The molecule has 0 spiro atoms. The summed E-state index contributed by atoms with van der Waals surface area (Å²) in [5.74, 6) is -2.95. The van der Waals surface area contributed by atoms with E-state index in [1.54, 1.807) is 0 Å². The zero-order chi connectivity index (χ0) is 15.0. The molecule has 0 atom stereocenters. The molecule has 8 nitrogen and oxygen atoms in total. The quantitative estimate of drug-likeness (QED) is 0.615. The molecular weight excluding hydrogens is 407 g/mol. The summed E-state index contributed by atoms with van der Waals surface area (Å²) >= 11 is 5.74. The van der Waals surface area contributed by atoms with Crippen LogP contribution in [-0.4, -0.2) is 30.8 Å². The van der Waals surface area contributed by atoms with Gasteiger partial charge in [-0.3, -0.25) is 0 Å². The van der Waals surface area contributed by atoms with Crippen LogP contribution in [0.2, 0.25) is 0 Å². The highest BCUT2D eigenvalue weighted by Gasteiger charge is 2.25. The van der Waals surface area contributed by atoms with Gasteiger partial charge in [0.25, 0.3) is 4.73 Å². The van der Waals surface area contributed by atoms with E-state index in [-0.39, 0.29) is 20.5 Å². The summed E-state index contributed by atoms with van der Waals surface area (Å²) in [6.45, 7) is 0. The molecule has 0 aliphatic rings. The monoisotopic (exact) mass is 408 g/mol. The number of carbonyl (C=O) groups is 1. The van der Waals surface area contributed by atoms with Gasteiger partial charge >= 0.3 is 11.9 Å². The van der Waals surface area contributed by atoms with Gasteiger partial charge in [0.1, 0.15) is 5.69 Å². The number of nitro groups is 1. The van der Waals surface area contributed by atoms with Gasteiger partial charge in [0, 0.05) is 21.0 Å². The molecule has 20 heavy (non-hydrogen) atoms. The first-order valence-electron chi connectivity index (χ1n) is 4.81. The average molecular weight is 410 g/mol. The lowest BCUT2D eigenvalue weighted by Crippen LogP contribution is -2.06. The first-order chi connectivity index (χ1) is 9.32. The van der Waals surface area contributed by atoms with Crippen molar-refractivity contribution < 1.29 is 19.2 Å². The summed E-state index contributed by atoms with van der Waals surface area (Å²) in [5.41, 5.74) is -0.466. The second-order valence-corrected chi connectivity index (χ2v) is 4.92. The fourth-order valence-corrected chi connectivity index (χ4v) is 2.32. The van der Waals surface area contributed by atoms with Gasteiger partial charge in [-0.15, -0.1) is 4.68 Å². The van der Waals surface area contributed by atoms with E-state index in [0.29, 0.717) is 0 Å². The molecule has 0 amide bonds.